The van der Waals surface area contributed by atoms with E-state index in [0.29, 0.717) is 22.0 Å². The maximum absolute atomic E-state index is 12.6. The number of rotatable bonds is 3. The van der Waals surface area contributed by atoms with Gasteiger partial charge in [-0.05, 0) is 38.0 Å². The molecule has 0 radical (unpaired) electrons. The zero-order chi connectivity index (χ0) is 14.9. The van der Waals surface area contributed by atoms with Crippen molar-refractivity contribution in [1.82, 2.24) is 4.98 Å². The molecular formula is C16H15ClN2O. The molecule has 4 heteroatoms. The van der Waals surface area contributed by atoms with Crippen molar-refractivity contribution in [3.05, 3.63) is 56.9 Å². The number of nitrogens with zero attached hydrogens (tertiary/aromatic N) is 1. The Morgan fingerprint density at radius 3 is 2.40 bits per heavy atom. The summed E-state index contributed by atoms with van der Waals surface area (Å²) in [5, 5.41) is 9.06. The van der Waals surface area contributed by atoms with Crippen LogP contribution in [0.2, 0.25) is 5.02 Å². The zero-order valence-corrected chi connectivity index (χ0v) is 12.4. The van der Waals surface area contributed by atoms with Gasteiger partial charge in [-0.1, -0.05) is 29.3 Å². The average molecular weight is 287 g/mol. The Morgan fingerprint density at radius 2 is 1.85 bits per heavy atom. The molecule has 0 bridgehead atoms. The highest BCUT2D eigenvalue weighted by atomic mass is 35.5. The number of H-pyrrole nitrogens is 1. The van der Waals surface area contributed by atoms with Gasteiger partial charge in [-0.3, -0.25) is 4.79 Å². The van der Waals surface area contributed by atoms with Crippen LogP contribution in [-0.4, -0.2) is 10.8 Å². The van der Waals surface area contributed by atoms with E-state index < -0.39 is 0 Å². The van der Waals surface area contributed by atoms with Crippen LogP contribution in [0.1, 0.15) is 38.4 Å². The van der Waals surface area contributed by atoms with Crippen molar-refractivity contribution in [2.24, 2.45) is 0 Å². The Kier molecular flexibility index (Phi) is 3.96. The molecular weight excluding hydrogens is 272 g/mol. The third kappa shape index (κ3) is 2.61. The number of hydrogen-bond acceptors (Lipinski definition) is 2. The molecule has 20 heavy (non-hydrogen) atoms. The number of halogens is 1. The summed E-state index contributed by atoms with van der Waals surface area (Å²) in [5.41, 5.74) is 4.66. The summed E-state index contributed by atoms with van der Waals surface area (Å²) in [4.78, 5) is 15.6. The normalized spacial score (nSPS) is 10.3. The molecule has 0 aliphatic rings. The number of nitrogens with one attached hydrogen (secondary N) is 1. The molecule has 3 nitrogen and oxygen atoms in total. The molecule has 0 amide bonds. The molecule has 0 aliphatic carbocycles. The molecule has 2 aromatic rings. The van der Waals surface area contributed by atoms with Crippen LogP contribution in [0.3, 0.4) is 0 Å². The predicted octanol–water partition coefficient (Wildman–Crippen LogP) is 3.89. The van der Waals surface area contributed by atoms with Gasteiger partial charge in [-0.15, -0.1) is 0 Å². The predicted molar refractivity (Wildman–Crippen MR) is 79.2 cm³/mol. The summed E-state index contributed by atoms with van der Waals surface area (Å²) >= 11 is 6.10. The highest BCUT2D eigenvalue weighted by Gasteiger charge is 2.20. The average Bonchev–Trinajstić information content (AvgIpc) is 2.69. The van der Waals surface area contributed by atoms with Crippen LogP contribution < -0.4 is 0 Å². The molecule has 1 aromatic carbocycles. The van der Waals surface area contributed by atoms with Gasteiger partial charge in [-0.25, -0.2) is 0 Å². The lowest BCUT2D eigenvalue weighted by Crippen LogP contribution is -2.08. The van der Waals surface area contributed by atoms with Crippen LogP contribution in [0.5, 0.6) is 0 Å². The first-order chi connectivity index (χ1) is 9.43. The van der Waals surface area contributed by atoms with Crippen molar-refractivity contribution in [1.29, 1.82) is 5.26 Å². The molecule has 0 atom stereocenters. The number of aryl methyl sites for hydroxylation is 3. The molecule has 0 fully saturated rings. The van der Waals surface area contributed by atoms with Crippen molar-refractivity contribution in [3.8, 4) is 6.07 Å². The minimum absolute atomic E-state index is 0.130. The maximum Gasteiger partial charge on any atom is 0.211 e. The van der Waals surface area contributed by atoms with E-state index in [4.69, 9.17) is 16.9 Å². The quantitative estimate of drug-likeness (QED) is 0.870. The molecule has 0 saturated carbocycles. The van der Waals surface area contributed by atoms with E-state index in [1.807, 2.05) is 39.0 Å². The SMILES string of the molecule is Cc1cc(C)c(C(=O)c2[nH]c(CC#N)cc2Cl)c(C)c1. The number of aromatic nitrogens is 1. The number of carbonyl (C=O) groups is 1. The third-order valence-corrected chi connectivity index (χ3v) is 3.52. The van der Waals surface area contributed by atoms with Crippen LogP contribution in [-0.2, 0) is 6.42 Å². The van der Waals surface area contributed by atoms with Gasteiger partial charge in [0.15, 0.2) is 0 Å². The molecule has 102 valence electrons. The van der Waals surface area contributed by atoms with Crippen molar-refractivity contribution in [2.45, 2.75) is 27.2 Å². The second-order valence-electron chi connectivity index (χ2n) is 4.96. The Labute approximate surface area is 123 Å². The fourth-order valence-corrected chi connectivity index (χ4v) is 2.76. The highest BCUT2D eigenvalue weighted by Crippen LogP contribution is 2.25. The fraction of sp³-hybridized carbons (Fsp3) is 0.250. The summed E-state index contributed by atoms with van der Waals surface area (Å²) in [6.07, 6.45) is 0.207. The molecule has 1 heterocycles. The Bertz CT molecular complexity index is 700. The van der Waals surface area contributed by atoms with Gasteiger partial charge in [0.05, 0.1) is 17.5 Å². The van der Waals surface area contributed by atoms with E-state index >= 15 is 0 Å². The largest absolute Gasteiger partial charge is 0.354 e. The van der Waals surface area contributed by atoms with Gasteiger partial charge in [0.25, 0.3) is 0 Å². The molecule has 0 saturated heterocycles. The first-order valence-electron chi connectivity index (χ1n) is 6.31. The van der Waals surface area contributed by atoms with Gasteiger partial charge < -0.3 is 4.98 Å². The molecule has 1 aromatic heterocycles. The second kappa shape index (κ2) is 5.52. The van der Waals surface area contributed by atoms with Gasteiger partial charge in [-0.2, -0.15) is 5.26 Å². The van der Waals surface area contributed by atoms with Gasteiger partial charge in [0, 0.05) is 11.3 Å². The number of hydrogen-bond donors (Lipinski definition) is 1. The molecule has 2 rings (SSSR count). The van der Waals surface area contributed by atoms with E-state index in [9.17, 15) is 4.79 Å². The lowest BCUT2D eigenvalue weighted by Gasteiger charge is -2.09. The maximum atomic E-state index is 12.6. The third-order valence-electron chi connectivity index (χ3n) is 3.23. The standard InChI is InChI=1S/C16H15ClN2O/c1-9-6-10(2)14(11(3)7-9)16(20)15-13(17)8-12(19-15)4-5-18/h6-8,19H,4H2,1-3H3. The fourth-order valence-electron chi connectivity index (χ4n) is 2.49. The Balaban J connectivity index is 2.50. The minimum atomic E-state index is -0.130. The minimum Gasteiger partial charge on any atom is -0.354 e. The Hall–Kier alpha value is -2.05. The number of benzene rings is 1. The van der Waals surface area contributed by atoms with Crippen LogP contribution in [0.25, 0.3) is 0 Å². The highest BCUT2D eigenvalue weighted by molar-refractivity contribution is 6.35. The van der Waals surface area contributed by atoms with Crippen molar-refractivity contribution >= 4 is 17.4 Å². The molecule has 0 aliphatic heterocycles. The van der Waals surface area contributed by atoms with Crippen LogP contribution in [0, 0.1) is 32.1 Å². The van der Waals surface area contributed by atoms with Gasteiger partial charge in [0.2, 0.25) is 5.78 Å². The van der Waals surface area contributed by atoms with Crippen molar-refractivity contribution < 1.29 is 4.79 Å². The zero-order valence-electron chi connectivity index (χ0n) is 11.7. The topological polar surface area (TPSA) is 56.6 Å². The van der Waals surface area contributed by atoms with Crippen LogP contribution >= 0.6 is 11.6 Å². The smallest absolute Gasteiger partial charge is 0.211 e. The lowest BCUT2D eigenvalue weighted by atomic mass is 9.95. The summed E-state index contributed by atoms with van der Waals surface area (Å²) in [6.45, 7) is 5.83. The van der Waals surface area contributed by atoms with Crippen molar-refractivity contribution in [3.63, 3.8) is 0 Å². The van der Waals surface area contributed by atoms with Crippen LogP contribution in [0.4, 0.5) is 0 Å². The number of aromatic amines is 1. The molecule has 1 N–H and O–H groups in total. The van der Waals surface area contributed by atoms with E-state index in [2.05, 4.69) is 4.98 Å². The molecule has 0 spiro atoms. The number of ketones is 1. The van der Waals surface area contributed by atoms with Crippen molar-refractivity contribution in [2.75, 3.05) is 0 Å². The summed E-state index contributed by atoms with van der Waals surface area (Å²) in [7, 11) is 0. The monoisotopic (exact) mass is 286 g/mol. The Morgan fingerprint density at radius 1 is 1.25 bits per heavy atom. The van der Waals surface area contributed by atoms with Gasteiger partial charge in [0.1, 0.15) is 5.69 Å². The van der Waals surface area contributed by atoms with Crippen LogP contribution in [0.15, 0.2) is 18.2 Å². The van der Waals surface area contributed by atoms with Gasteiger partial charge >= 0.3 is 0 Å². The molecule has 0 unspecified atom stereocenters. The summed E-state index contributed by atoms with van der Waals surface area (Å²) in [6, 6.07) is 7.63. The van der Waals surface area contributed by atoms with E-state index in [1.165, 1.54) is 0 Å². The summed E-state index contributed by atoms with van der Waals surface area (Å²) < 4.78 is 0. The summed E-state index contributed by atoms with van der Waals surface area (Å²) in [5.74, 6) is -0.130. The second-order valence-corrected chi connectivity index (χ2v) is 5.36. The first-order valence-corrected chi connectivity index (χ1v) is 6.68. The first kappa shape index (κ1) is 14.4. The number of carbonyl (C=O) groups excluding carboxylic acids is 1. The van der Waals surface area contributed by atoms with E-state index in [1.54, 1.807) is 6.07 Å². The lowest BCUT2D eigenvalue weighted by molar-refractivity contribution is 0.103. The van der Waals surface area contributed by atoms with E-state index in [0.717, 1.165) is 16.7 Å². The number of nitriles is 1. The van der Waals surface area contributed by atoms with E-state index in [-0.39, 0.29) is 12.2 Å².